The van der Waals surface area contributed by atoms with E-state index in [1.165, 1.54) is 4.90 Å². The fourth-order valence-corrected chi connectivity index (χ4v) is 1.65. The molecule has 2 unspecified atom stereocenters. The second kappa shape index (κ2) is 6.24. The van der Waals surface area contributed by atoms with Crippen LogP contribution in [0.1, 0.15) is 12.8 Å². The highest BCUT2D eigenvalue weighted by atomic mass is 16.5. The highest BCUT2D eigenvalue weighted by Gasteiger charge is 2.30. The Morgan fingerprint density at radius 1 is 1.59 bits per heavy atom. The molecule has 1 heterocycles. The highest BCUT2D eigenvalue weighted by molar-refractivity contribution is 5.74. The van der Waals surface area contributed by atoms with E-state index in [0.717, 1.165) is 0 Å². The lowest BCUT2D eigenvalue weighted by Gasteiger charge is -2.18. The maximum absolute atomic E-state index is 11.5. The number of carbonyl (C=O) groups excluding carboxylic acids is 1. The fourth-order valence-electron chi connectivity index (χ4n) is 1.65. The number of hydrogen-bond acceptors (Lipinski definition) is 3. The molecule has 2 atom stereocenters. The Hall–Kier alpha value is -1.56. The molecule has 2 N–H and O–H groups in total. The zero-order chi connectivity index (χ0) is 12.8. The van der Waals surface area contributed by atoms with Crippen molar-refractivity contribution in [3.05, 3.63) is 12.7 Å². The van der Waals surface area contributed by atoms with Gasteiger partial charge in [-0.25, -0.2) is 9.59 Å². The molecular formula is C11H18N2O4. The molecule has 0 aliphatic carbocycles. The number of nitrogens with zero attached hydrogens (tertiary/aromatic N) is 1. The monoisotopic (exact) mass is 242 g/mol. The summed E-state index contributed by atoms with van der Waals surface area (Å²) in [5, 5.41) is 11.4. The van der Waals surface area contributed by atoms with Crippen LogP contribution >= 0.6 is 0 Å². The minimum atomic E-state index is -0.942. The van der Waals surface area contributed by atoms with Crippen molar-refractivity contribution in [1.82, 2.24) is 10.2 Å². The number of urea groups is 1. The zero-order valence-electron chi connectivity index (χ0n) is 9.89. The van der Waals surface area contributed by atoms with Crippen LogP contribution in [0.4, 0.5) is 4.79 Å². The molecular weight excluding hydrogens is 224 g/mol. The van der Waals surface area contributed by atoms with Crippen molar-refractivity contribution in [1.29, 1.82) is 0 Å². The first-order valence-electron chi connectivity index (χ1n) is 5.52. The molecule has 1 rings (SSSR count). The van der Waals surface area contributed by atoms with Gasteiger partial charge in [0, 0.05) is 20.1 Å². The van der Waals surface area contributed by atoms with Crippen LogP contribution in [0, 0.1) is 0 Å². The number of ether oxygens (including phenoxy) is 1. The van der Waals surface area contributed by atoms with Crippen LogP contribution in [0.25, 0.3) is 0 Å². The molecule has 0 aromatic rings. The van der Waals surface area contributed by atoms with Gasteiger partial charge in [0.05, 0.1) is 6.10 Å². The van der Waals surface area contributed by atoms with Gasteiger partial charge in [-0.3, -0.25) is 0 Å². The van der Waals surface area contributed by atoms with Gasteiger partial charge in [-0.1, -0.05) is 6.08 Å². The number of carboxylic acids is 1. The average Bonchev–Trinajstić information content (AvgIpc) is 2.75. The molecule has 2 amide bonds. The van der Waals surface area contributed by atoms with Crippen LogP contribution in [0.5, 0.6) is 0 Å². The first-order valence-corrected chi connectivity index (χ1v) is 5.52. The van der Waals surface area contributed by atoms with Gasteiger partial charge in [0.25, 0.3) is 0 Å². The summed E-state index contributed by atoms with van der Waals surface area (Å²) in [5.41, 5.74) is 0. The van der Waals surface area contributed by atoms with Gasteiger partial charge in [-0.15, -0.1) is 6.58 Å². The maximum Gasteiger partial charge on any atom is 0.332 e. The predicted molar refractivity (Wildman–Crippen MR) is 61.8 cm³/mol. The van der Waals surface area contributed by atoms with E-state index in [4.69, 9.17) is 9.84 Å². The Morgan fingerprint density at radius 2 is 2.29 bits per heavy atom. The van der Waals surface area contributed by atoms with E-state index in [1.807, 2.05) is 0 Å². The molecule has 6 nitrogen and oxygen atoms in total. The minimum Gasteiger partial charge on any atom is -0.479 e. The van der Waals surface area contributed by atoms with E-state index in [9.17, 15) is 9.59 Å². The van der Waals surface area contributed by atoms with Crippen LogP contribution in [-0.2, 0) is 9.53 Å². The van der Waals surface area contributed by atoms with Crippen LogP contribution in [0.15, 0.2) is 12.7 Å². The first-order chi connectivity index (χ1) is 8.04. The Morgan fingerprint density at radius 3 is 2.82 bits per heavy atom. The second-order valence-electron chi connectivity index (χ2n) is 4.02. The van der Waals surface area contributed by atoms with Crippen molar-refractivity contribution in [2.24, 2.45) is 0 Å². The maximum atomic E-state index is 11.5. The molecule has 17 heavy (non-hydrogen) atoms. The quantitative estimate of drug-likeness (QED) is 0.686. The summed E-state index contributed by atoms with van der Waals surface area (Å²) in [6.45, 7) is 4.34. The first kappa shape index (κ1) is 13.5. The number of nitrogens with one attached hydrogen (secondary N) is 1. The third-order valence-electron chi connectivity index (χ3n) is 2.61. The van der Waals surface area contributed by atoms with Crippen molar-refractivity contribution < 1.29 is 19.4 Å². The van der Waals surface area contributed by atoms with Gasteiger partial charge in [-0.2, -0.15) is 0 Å². The minimum absolute atomic E-state index is 0.211. The predicted octanol–water partition coefficient (Wildman–Crippen LogP) is 0.446. The van der Waals surface area contributed by atoms with Gasteiger partial charge >= 0.3 is 12.0 Å². The lowest BCUT2D eigenvalue weighted by atomic mass is 10.2. The number of rotatable bonds is 5. The Bertz CT molecular complexity index is 306. The standard InChI is InChI=1S/C11H18N2O4/c1-3-6-13(2)11(16)12-7-8-4-5-9(17-8)10(14)15/h3,8-9H,1,4-7H2,2H3,(H,12,16)(H,14,15). The third-order valence-corrected chi connectivity index (χ3v) is 2.61. The molecule has 0 aromatic heterocycles. The van der Waals surface area contributed by atoms with Crippen LogP contribution < -0.4 is 5.32 Å². The van der Waals surface area contributed by atoms with E-state index in [2.05, 4.69) is 11.9 Å². The average molecular weight is 242 g/mol. The van der Waals surface area contributed by atoms with Gasteiger partial charge in [0.1, 0.15) is 0 Å². The molecule has 0 aromatic carbocycles. The number of carboxylic acid groups (broad SMARTS) is 1. The van der Waals surface area contributed by atoms with Crippen molar-refractivity contribution in [2.75, 3.05) is 20.1 Å². The van der Waals surface area contributed by atoms with E-state index in [0.29, 0.717) is 25.9 Å². The zero-order valence-corrected chi connectivity index (χ0v) is 9.89. The van der Waals surface area contributed by atoms with E-state index in [-0.39, 0.29) is 12.1 Å². The van der Waals surface area contributed by atoms with Crippen molar-refractivity contribution in [3.8, 4) is 0 Å². The smallest absolute Gasteiger partial charge is 0.332 e. The van der Waals surface area contributed by atoms with E-state index >= 15 is 0 Å². The number of carbonyl (C=O) groups is 2. The lowest BCUT2D eigenvalue weighted by molar-refractivity contribution is -0.149. The van der Waals surface area contributed by atoms with E-state index < -0.39 is 12.1 Å². The number of likely N-dealkylation sites (N-methyl/N-ethyl adjacent to an activating group) is 1. The van der Waals surface area contributed by atoms with Gasteiger partial charge in [-0.05, 0) is 12.8 Å². The molecule has 1 aliphatic heterocycles. The summed E-state index contributed by atoms with van der Waals surface area (Å²) in [5.74, 6) is -0.942. The molecule has 0 bridgehead atoms. The molecule has 0 spiro atoms. The van der Waals surface area contributed by atoms with Crippen molar-refractivity contribution >= 4 is 12.0 Å². The molecule has 1 saturated heterocycles. The number of amides is 2. The molecule has 96 valence electrons. The summed E-state index contributed by atoms with van der Waals surface area (Å²) in [4.78, 5) is 23.6. The lowest BCUT2D eigenvalue weighted by Crippen LogP contribution is -2.41. The van der Waals surface area contributed by atoms with Crippen LogP contribution in [0.3, 0.4) is 0 Å². The fraction of sp³-hybridized carbons (Fsp3) is 0.636. The molecule has 1 aliphatic rings. The second-order valence-corrected chi connectivity index (χ2v) is 4.02. The SMILES string of the molecule is C=CCN(C)C(=O)NCC1CCC(C(=O)O)O1. The number of hydrogen-bond donors (Lipinski definition) is 2. The topological polar surface area (TPSA) is 78.9 Å². The van der Waals surface area contributed by atoms with Gasteiger partial charge < -0.3 is 20.1 Å². The van der Waals surface area contributed by atoms with Crippen molar-refractivity contribution in [3.63, 3.8) is 0 Å². The normalized spacial score (nSPS) is 23.1. The highest BCUT2D eigenvalue weighted by Crippen LogP contribution is 2.19. The van der Waals surface area contributed by atoms with E-state index in [1.54, 1.807) is 13.1 Å². The summed E-state index contributed by atoms with van der Waals surface area (Å²) < 4.78 is 5.26. The Kier molecular flexibility index (Phi) is 4.96. The molecule has 6 heteroatoms. The summed E-state index contributed by atoms with van der Waals surface area (Å²) >= 11 is 0. The van der Waals surface area contributed by atoms with Crippen molar-refractivity contribution in [2.45, 2.75) is 25.0 Å². The Balaban J connectivity index is 2.25. The summed E-state index contributed by atoms with van der Waals surface area (Å²) in [6, 6.07) is -0.215. The molecule has 1 fully saturated rings. The van der Waals surface area contributed by atoms with Gasteiger partial charge in [0.15, 0.2) is 6.10 Å². The third kappa shape index (κ3) is 4.07. The summed E-state index contributed by atoms with van der Waals surface area (Å²) in [7, 11) is 1.66. The number of aliphatic carboxylic acids is 1. The molecule has 0 radical (unpaired) electrons. The summed E-state index contributed by atoms with van der Waals surface area (Å²) in [6.07, 6.45) is 1.84. The molecule has 0 saturated carbocycles. The van der Waals surface area contributed by atoms with Crippen LogP contribution in [-0.4, -0.2) is 54.4 Å². The van der Waals surface area contributed by atoms with Gasteiger partial charge in [0.2, 0.25) is 0 Å². The Labute approximate surface area is 100 Å². The largest absolute Gasteiger partial charge is 0.479 e. The van der Waals surface area contributed by atoms with Crippen LogP contribution in [0.2, 0.25) is 0 Å².